The highest BCUT2D eigenvalue weighted by atomic mass is 32.1. The van der Waals surface area contributed by atoms with Gasteiger partial charge in [0, 0.05) is 18.2 Å². The van der Waals surface area contributed by atoms with Gasteiger partial charge in [-0.1, -0.05) is 0 Å². The molecule has 0 fully saturated rings. The number of aromatic nitrogens is 2. The number of fused-ring (bicyclic) bond motifs is 1. The van der Waals surface area contributed by atoms with Gasteiger partial charge in [0.2, 0.25) is 0 Å². The second-order valence-electron chi connectivity index (χ2n) is 4.73. The third-order valence-electron chi connectivity index (χ3n) is 3.49. The van der Waals surface area contributed by atoms with Crippen molar-refractivity contribution in [2.24, 2.45) is 0 Å². The number of thiophene rings is 1. The van der Waals surface area contributed by atoms with E-state index in [4.69, 9.17) is 14.2 Å². The van der Waals surface area contributed by atoms with Gasteiger partial charge in [-0.05, 0) is 17.5 Å². The fraction of sp³-hybridized carbons (Fsp3) is 0.250. The summed E-state index contributed by atoms with van der Waals surface area (Å²) in [6, 6.07) is 5.72. The van der Waals surface area contributed by atoms with Crippen LogP contribution in [0.4, 0.5) is 5.82 Å². The van der Waals surface area contributed by atoms with Crippen LogP contribution >= 0.6 is 11.3 Å². The van der Waals surface area contributed by atoms with Gasteiger partial charge < -0.3 is 19.5 Å². The average Bonchev–Trinajstić information content (AvgIpc) is 3.08. The second-order valence-corrected chi connectivity index (χ2v) is 5.63. The van der Waals surface area contributed by atoms with Crippen LogP contribution in [0.15, 0.2) is 29.9 Å². The molecule has 0 saturated heterocycles. The van der Waals surface area contributed by atoms with E-state index < -0.39 is 0 Å². The predicted octanol–water partition coefficient (Wildman–Crippen LogP) is 3.33. The van der Waals surface area contributed by atoms with Crippen LogP contribution in [0.5, 0.6) is 17.2 Å². The Morgan fingerprint density at radius 1 is 1.00 bits per heavy atom. The van der Waals surface area contributed by atoms with E-state index in [1.54, 1.807) is 39.0 Å². The van der Waals surface area contributed by atoms with Crippen molar-refractivity contribution in [3.8, 4) is 17.2 Å². The molecule has 0 bridgehead atoms. The third-order valence-corrected chi connectivity index (χ3v) is 4.32. The molecule has 23 heavy (non-hydrogen) atoms. The van der Waals surface area contributed by atoms with Gasteiger partial charge in [-0.15, -0.1) is 11.3 Å². The monoisotopic (exact) mass is 331 g/mol. The number of nitrogens with one attached hydrogen (secondary N) is 1. The Labute approximate surface area is 138 Å². The van der Waals surface area contributed by atoms with Gasteiger partial charge in [-0.3, -0.25) is 0 Å². The van der Waals surface area contributed by atoms with E-state index in [0.717, 1.165) is 27.3 Å². The minimum atomic E-state index is 0.547. The molecule has 0 amide bonds. The first kappa shape index (κ1) is 15.4. The molecule has 0 aliphatic rings. The van der Waals surface area contributed by atoms with Crippen LogP contribution < -0.4 is 19.5 Å². The number of nitrogens with zero attached hydrogens (tertiary/aromatic N) is 2. The first-order valence-corrected chi connectivity index (χ1v) is 7.85. The zero-order valence-electron chi connectivity index (χ0n) is 13.1. The molecule has 1 aromatic carbocycles. The lowest BCUT2D eigenvalue weighted by atomic mass is 10.1. The molecule has 0 atom stereocenters. The molecule has 0 aliphatic heterocycles. The molecule has 7 heteroatoms. The molecule has 0 radical (unpaired) electrons. The summed E-state index contributed by atoms with van der Waals surface area (Å²) in [6.45, 7) is 0.547. The van der Waals surface area contributed by atoms with Crippen LogP contribution in [0, 0.1) is 0 Å². The molecular weight excluding hydrogens is 314 g/mol. The smallest absolute Gasteiger partial charge is 0.164 e. The van der Waals surface area contributed by atoms with E-state index in [0.29, 0.717) is 18.0 Å². The maximum Gasteiger partial charge on any atom is 0.164 e. The lowest BCUT2D eigenvalue weighted by Gasteiger charge is -2.15. The molecule has 0 unspecified atom stereocenters. The number of rotatable bonds is 6. The molecule has 0 saturated carbocycles. The minimum absolute atomic E-state index is 0.547. The van der Waals surface area contributed by atoms with Crippen molar-refractivity contribution in [2.75, 3.05) is 26.6 Å². The molecule has 6 nitrogen and oxygen atoms in total. The SMILES string of the molecule is COc1cc(OC)c(OC)cc1CNc1ncnc2sccc12. The summed E-state index contributed by atoms with van der Waals surface area (Å²) in [5.41, 5.74) is 0.951. The molecule has 0 spiro atoms. The summed E-state index contributed by atoms with van der Waals surface area (Å²) < 4.78 is 16.1. The Morgan fingerprint density at radius 2 is 1.74 bits per heavy atom. The van der Waals surface area contributed by atoms with Crippen LogP contribution in [-0.4, -0.2) is 31.3 Å². The maximum atomic E-state index is 5.44. The van der Waals surface area contributed by atoms with Gasteiger partial charge in [-0.25, -0.2) is 9.97 Å². The average molecular weight is 331 g/mol. The van der Waals surface area contributed by atoms with Crippen molar-refractivity contribution in [3.05, 3.63) is 35.5 Å². The van der Waals surface area contributed by atoms with Crippen LogP contribution in [0.25, 0.3) is 10.2 Å². The highest BCUT2D eigenvalue weighted by molar-refractivity contribution is 7.16. The molecule has 120 valence electrons. The van der Waals surface area contributed by atoms with Crippen LogP contribution in [0.3, 0.4) is 0 Å². The quantitative estimate of drug-likeness (QED) is 0.747. The van der Waals surface area contributed by atoms with Gasteiger partial charge in [0.25, 0.3) is 0 Å². The first-order valence-electron chi connectivity index (χ1n) is 6.97. The van der Waals surface area contributed by atoms with Crippen LogP contribution in [0.2, 0.25) is 0 Å². The maximum absolute atomic E-state index is 5.44. The summed E-state index contributed by atoms with van der Waals surface area (Å²) in [6.07, 6.45) is 1.56. The fourth-order valence-electron chi connectivity index (χ4n) is 2.34. The van der Waals surface area contributed by atoms with Gasteiger partial charge in [0.1, 0.15) is 22.7 Å². The fourth-order valence-corrected chi connectivity index (χ4v) is 3.07. The van der Waals surface area contributed by atoms with Crippen molar-refractivity contribution in [2.45, 2.75) is 6.54 Å². The molecule has 3 aromatic rings. The molecule has 3 rings (SSSR count). The van der Waals surface area contributed by atoms with Gasteiger partial charge in [0.15, 0.2) is 11.5 Å². The number of anilines is 1. The third kappa shape index (κ3) is 3.00. The number of methoxy groups -OCH3 is 3. The normalized spacial score (nSPS) is 10.6. The molecule has 2 heterocycles. The van der Waals surface area contributed by atoms with E-state index in [9.17, 15) is 0 Å². The molecule has 2 aromatic heterocycles. The van der Waals surface area contributed by atoms with E-state index in [1.165, 1.54) is 0 Å². The van der Waals surface area contributed by atoms with Crippen molar-refractivity contribution in [1.82, 2.24) is 9.97 Å². The highest BCUT2D eigenvalue weighted by Gasteiger charge is 2.12. The molecular formula is C16H17N3O3S. The Balaban J connectivity index is 1.89. The lowest BCUT2D eigenvalue weighted by Crippen LogP contribution is -2.05. The standard InChI is InChI=1S/C16H17N3O3S/c1-20-12-7-14(22-3)13(21-2)6-10(12)8-17-15-11-4-5-23-16(11)19-9-18-15/h4-7,9H,8H2,1-3H3,(H,17,18,19). The van der Waals surface area contributed by atoms with Crippen LogP contribution in [0.1, 0.15) is 5.56 Å². The summed E-state index contributed by atoms with van der Waals surface area (Å²) in [5, 5.41) is 6.35. The van der Waals surface area contributed by atoms with E-state index in [1.807, 2.05) is 23.6 Å². The Kier molecular flexibility index (Phi) is 4.47. The van der Waals surface area contributed by atoms with Gasteiger partial charge in [0.05, 0.1) is 26.7 Å². The predicted molar refractivity (Wildman–Crippen MR) is 90.8 cm³/mol. The van der Waals surface area contributed by atoms with Crippen molar-refractivity contribution >= 4 is 27.4 Å². The molecule has 0 aliphatic carbocycles. The minimum Gasteiger partial charge on any atom is -0.496 e. The van der Waals surface area contributed by atoms with E-state index in [-0.39, 0.29) is 0 Å². The summed E-state index contributed by atoms with van der Waals surface area (Å²) in [5.74, 6) is 2.82. The molecule has 1 N–H and O–H groups in total. The van der Waals surface area contributed by atoms with Crippen molar-refractivity contribution < 1.29 is 14.2 Å². The Bertz CT molecular complexity index is 819. The largest absolute Gasteiger partial charge is 0.496 e. The van der Waals surface area contributed by atoms with E-state index >= 15 is 0 Å². The van der Waals surface area contributed by atoms with Crippen molar-refractivity contribution in [3.63, 3.8) is 0 Å². The summed E-state index contributed by atoms with van der Waals surface area (Å²) >= 11 is 1.59. The number of ether oxygens (including phenoxy) is 3. The zero-order valence-corrected chi connectivity index (χ0v) is 13.9. The highest BCUT2D eigenvalue weighted by Crippen LogP contribution is 2.35. The number of benzene rings is 1. The van der Waals surface area contributed by atoms with E-state index in [2.05, 4.69) is 15.3 Å². The van der Waals surface area contributed by atoms with Gasteiger partial charge >= 0.3 is 0 Å². The summed E-state index contributed by atoms with van der Waals surface area (Å²) in [7, 11) is 4.84. The zero-order chi connectivity index (χ0) is 16.2. The lowest BCUT2D eigenvalue weighted by molar-refractivity contribution is 0.347. The van der Waals surface area contributed by atoms with Crippen LogP contribution in [-0.2, 0) is 6.54 Å². The first-order chi connectivity index (χ1) is 11.3. The Hall–Kier alpha value is -2.54. The summed E-state index contributed by atoms with van der Waals surface area (Å²) in [4.78, 5) is 9.52. The Morgan fingerprint density at radius 3 is 2.48 bits per heavy atom. The number of hydrogen-bond acceptors (Lipinski definition) is 7. The van der Waals surface area contributed by atoms with Gasteiger partial charge in [-0.2, -0.15) is 0 Å². The second kappa shape index (κ2) is 6.70. The topological polar surface area (TPSA) is 65.5 Å². The number of hydrogen-bond donors (Lipinski definition) is 1. The van der Waals surface area contributed by atoms with Crippen molar-refractivity contribution in [1.29, 1.82) is 0 Å².